The summed E-state index contributed by atoms with van der Waals surface area (Å²) in [7, 11) is 0. The summed E-state index contributed by atoms with van der Waals surface area (Å²) in [4.78, 5) is 0. The van der Waals surface area contributed by atoms with Crippen LogP contribution < -0.4 is 0 Å². The quantitative estimate of drug-likeness (QED) is 0.708. The summed E-state index contributed by atoms with van der Waals surface area (Å²) in [5.74, 6) is 0.669. The van der Waals surface area contributed by atoms with E-state index in [9.17, 15) is 0 Å². The van der Waals surface area contributed by atoms with Crippen LogP contribution in [0, 0.1) is 11.3 Å². The predicted molar refractivity (Wildman–Crippen MR) is 65.0 cm³/mol. The number of ether oxygens (including phenoxy) is 1. The molecular weight excluding hydrogens is 188 g/mol. The molecule has 0 bridgehead atoms. The molecule has 2 heteroatoms. The molecule has 0 spiro atoms. The summed E-state index contributed by atoms with van der Waals surface area (Å²) in [5.41, 5.74) is 0.136. The van der Waals surface area contributed by atoms with Crippen LogP contribution in [0.4, 0.5) is 0 Å². The van der Waals surface area contributed by atoms with Gasteiger partial charge in [-0.2, -0.15) is 0 Å². The van der Waals surface area contributed by atoms with Crippen LogP contribution >= 0.6 is 0 Å². The summed E-state index contributed by atoms with van der Waals surface area (Å²) in [6, 6.07) is 0. The molecule has 0 radical (unpaired) electrons. The van der Waals surface area contributed by atoms with Gasteiger partial charge in [-0.1, -0.05) is 27.7 Å². The maximum Gasteiger partial charge on any atom is 0.0648 e. The van der Waals surface area contributed by atoms with Crippen molar-refractivity contribution in [3.8, 4) is 0 Å². The highest BCUT2D eigenvalue weighted by atomic mass is 16.5. The number of hydrogen-bond donors (Lipinski definition) is 1. The molecule has 0 saturated heterocycles. The first-order valence-electron chi connectivity index (χ1n) is 5.96. The van der Waals surface area contributed by atoms with Crippen molar-refractivity contribution in [2.75, 3.05) is 13.2 Å². The van der Waals surface area contributed by atoms with Gasteiger partial charge in [0.2, 0.25) is 0 Å². The van der Waals surface area contributed by atoms with Crippen LogP contribution in [0.3, 0.4) is 0 Å². The molecule has 0 fully saturated rings. The number of aliphatic hydroxyl groups is 1. The zero-order chi connectivity index (χ0) is 12.1. The van der Waals surface area contributed by atoms with Crippen molar-refractivity contribution in [2.24, 2.45) is 11.3 Å². The van der Waals surface area contributed by atoms with Gasteiger partial charge in [0.1, 0.15) is 0 Å². The maximum absolute atomic E-state index is 8.87. The normalized spacial score (nSPS) is 13.6. The molecule has 15 heavy (non-hydrogen) atoms. The van der Waals surface area contributed by atoms with Crippen LogP contribution in [0.1, 0.15) is 54.4 Å². The summed E-state index contributed by atoms with van der Waals surface area (Å²) in [6.07, 6.45) is 1.77. The highest BCUT2D eigenvalue weighted by molar-refractivity contribution is 4.74. The van der Waals surface area contributed by atoms with Gasteiger partial charge >= 0.3 is 0 Å². The van der Waals surface area contributed by atoms with Crippen molar-refractivity contribution in [1.82, 2.24) is 0 Å². The first-order valence-corrected chi connectivity index (χ1v) is 5.96. The monoisotopic (exact) mass is 216 g/mol. The van der Waals surface area contributed by atoms with Crippen molar-refractivity contribution in [1.29, 1.82) is 0 Å². The zero-order valence-electron chi connectivity index (χ0n) is 11.3. The van der Waals surface area contributed by atoms with Crippen LogP contribution in [-0.2, 0) is 4.74 Å². The molecule has 0 unspecified atom stereocenters. The highest BCUT2D eigenvalue weighted by Crippen LogP contribution is 2.30. The molecule has 0 aliphatic carbocycles. The minimum Gasteiger partial charge on any atom is -0.396 e. The number of aliphatic hydroxyl groups excluding tert-OH is 1. The van der Waals surface area contributed by atoms with Crippen molar-refractivity contribution in [3.05, 3.63) is 0 Å². The van der Waals surface area contributed by atoms with Crippen LogP contribution in [0.15, 0.2) is 0 Å². The van der Waals surface area contributed by atoms with Crippen LogP contribution in [0.5, 0.6) is 0 Å². The van der Waals surface area contributed by atoms with Crippen molar-refractivity contribution in [2.45, 2.75) is 60.0 Å². The maximum atomic E-state index is 8.87. The number of hydrogen-bond acceptors (Lipinski definition) is 2. The molecule has 0 rings (SSSR count). The van der Waals surface area contributed by atoms with Crippen molar-refractivity contribution in [3.63, 3.8) is 0 Å². The molecule has 2 nitrogen and oxygen atoms in total. The second-order valence-electron chi connectivity index (χ2n) is 5.98. The van der Waals surface area contributed by atoms with E-state index in [4.69, 9.17) is 9.84 Å². The molecular formula is C13H28O2. The van der Waals surface area contributed by atoms with E-state index in [0.29, 0.717) is 17.8 Å². The lowest BCUT2D eigenvalue weighted by molar-refractivity contribution is -0.0456. The summed E-state index contributed by atoms with van der Waals surface area (Å²) in [5, 5.41) is 8.87. The SMILES string of the molecule is CC(C)C(C)(C)CCOC(C)(C)CCO. The van der Waals surface area contributed by atoms with E-state index in [1.165, 1.54) is 0 Å². The lowest BCUT2D eigenvalue weighted by Gasteiger charge is -2.31. The van der Waals surface area contributed by atoms with E-state index in [1.807, 2.05) is 13.8 Å². The molecule has 0 aromatic carbocycles. The van der Waals surface area contributed by atoms with Crippen molar-refractivity contribution >= 4 is 0 Å². The van der Waals surface area contributed by atoms with Crippen LogP contribution in [0.2, 0.25) is 0 Å². The Morgan fingerprint density at radius 1 is 1.07 bits per heavy atom. The van der Waals surface area contributed by atoms with Gasteiger partial charge in [-0.3, -0.25) is 0 Å². The van der Waals surface area contributed by atoms with Gasteiger partial charge in [0.15, 0.2) is 0 Å². The zero-order valence-corrected chi connectivity index (χ0v) is 11.3. The molecule has 0 aliphatic heterocycles. The van der Waals surface area contributed by atoms with E-state index in [1.54, 1.807) is 0 Å². The average Bonchev–Trinajstić information content (AvgIpc) is 2.02. The molecule has 0 amide bonds. The third-order valence-corrected chi connectivity index (χ3v) is 3.52. The summed E-state index contributed by atoms with van der Waals surface area (Å²) >= 11 is 0. The molecule has 0 heterocycles. The lowest BCUT2D eigenvalue weighted by Crippen LogP contribution is -2.29. The largest absolute Gasteiger partial charge is 0.396 e. The Bertz CT molecular complexity index is 171. The lowest BCUT2D eigenvalue weighted by atomic mass is 9.78. The first-order chi connectivity index (χ1) is 6.71. The summed E-state index contributed by atoms with van der Waals surface area (Å²) < 4.78 is 5.80. The first kappa shape index (κ1) is 14.9. The van der Waals surface area contributed by atoms with Gasteiger partial charge in [0.25, 0.3) is 0 Å². The van der Waals surface area contributed by atoms with E-state index in [-0.39, 0.29) is 12.2 Å². The smallest absolute Gasteiger partial charge is 0.0648 e. The molecule has 0 aliphatic rings. The van der Waals surface area contributed by atoms with Gasteiger partial charge in [-0.25, -0.2) is 0 Å². The minimum atomic E-state index is -0.193. The molecule has 0 aromatic rings. The van der Waals surface area contributed by atoms with E-state index < -0.39 is 0 Å². The van der Waals surface area contributed by atoms with E-state index in [2.05, 4.69) is 27.7 Å². The predicted octanol–water partition coefficient (Wildman–Crippen LogP) is 3.24. The van der Waals surface area contributed by atoms with Gasteiger partial charge in [0, 0.05) is 13.2 Å². The molecule has 92 valence electrons. The molecule has 1 N–H and O–H groups in total. The number of rotatable bonds is 7. The van der Waals surface area contributed by atoms with Gasteiger partial charge < -0.3 is 9.84 Å². The van der Waals surface area contributed by atoms with Crippen LogP contribution in [0.25, 0.3) is 0 Å². The van der Waals surface area contributed by atoms with Gasteiger partial charge in [-0.05, 0) is 38.0 Å². The third kappa shape index (κ3) is 6.16. The van der Waals surface area contributed by atoms with E-state index in [0.717, 1.165) is 13.0 Å². The Balaban J connectivity index is 3.88. The fraction of sp³-hybridized carbons (Fsp3) is 1.00. The Morgan fingerprint density at radius 3 is 2.00 bits per heavy atom. The van der Waals surface area contributed by atoms with E-state index >= 15 is 0 Å². The second-order valence-corrected chi connectivity index (χ2v) is 5.98. The van der Waals surface area contributed by atoms with Crippen LogP contribution in [-0.4, -0.2) is 23.9 Å². The minimum absolute atomic E-state index is 0.193. The Labute approximate surface area is 95.0 Å². The van der Waals surface area contributed by atoms with Crippen molar-refractivity contribution < 1.29 is 9.84 Å². The summed E-state index contributed by atoms with van der Waals surface area (Å²) in [6.45, 7) is 14.1. The highest BCUT2D eigenvalue weighted by Gasteiger charge is 2.24. The van der Waals surface area contributed by atoms with Gasteiger partial charge in [0.05, 0.1) is 5.60 Å². The topological polar surface area (TPSA) is 29.5 Å². The van der Waals surface area contributed by atoms with Gasteiger partial charge in [-0.15, -0.1) is 0 Å². The average molecular weight is 216 g/mol. The second kappa shape index (κ2) is 5.86. The molecule has 0 aromatic heterocycles. The Kier molecular flexibility index (Phi) is 5.82. The molecule has 0 atom stereocenters. The Morgan fingerprint density at radius 2 is 1.60 bits per heavy atom. The Hall–Kier alpha value is -0.0800. The third-order valence-electron chi connectivity index (χ3n) is 3.52. The fourth-order valence-electron chi connectivity index (χ4n) is 1.22. The fourth-order valence-corrected chi connectivity index (χ4v) is 1.22. The standard InChI is InChI=1S/C13H28O2/c1-11(2)12(3,4)8-10-15-13(5,6)7-9-14/h11,14H,7-10H2,1-6H3. The molecule has 0 saturated carbocycles.